The average Bonchev–Trinajstić information content (AvgIpc) is 3.12. The number of aliphatic imine (C=N–C) groups is 1. The van der Waals surface area contributed by atoms with Gasteiger partial charge in [-0.25, -0.2) is 15.0 Å². The fourth-order valence-electron chi connectivity index (χ4n) is 1.98. The molecule has 0 bridgehead atoms. The van der Waals surface area contributed by atoms with Crippen molar-refractivity contribution < 1.29 is 0 Å². The SMILES string of the molecule is CCNC(=NCc1ccnc(-n2ccnc2)c1)NCC(C)(C)SC.I. The number of hydrogen-bond acceptors (Lipinski definition) is 4. The Morgan fingerprint density at radius 1 is 1.32 bits per heavy atom. The predicted octanol–water partition coefficient (Wildman–Crippen LogP) is 3.08. The molecule has 6 nitrogen and oxygen atoms in total. The van der Waals surface area contributed by atoms with Crippen LogP contribution in [0.4, 0.5) is 0 Å². The summed E-state index contributed by atoms with van der Waals surface area (Å²) in [5.41, 5.74) is 1.11. The van der Waals surface area contributed by atoms with Crippen LogP contribution in [-0.4, -0.2) is 44.6 Å². The highest BCUT2D eigenvalue weighted by atomic mass is 127. The lowest BCUT2D eigenvalue weighted by Gasteiger charge is -2.23. The van der Waals surface area contributed by atoms with Crippen molar-refractivity contribution in [3.8, 4) is 5.82 Å². The van der Waals surface area contributed by atoms with Gasteiger partial charge in [0.05, 0.1) is 6.54 Å². The van der Waals surface area contributed by atoms with Crippen LogP contribution in [0.3, 0.4) is 0 Å². The van der Waals surface area contributed by atoms with E-state index in [0.717, 1.165) is 30.4 Å². The lowest BCUT2D eigenvalue weighted by molar-refractivity contribution is 0.665. The van der Waals surface area contributed by atoms with Crippen molar-refractivity contribution in [3.63, 3.8) is 0 Å². The molecule has 0 atom stereocenters. The lowest BCUT2D eigenvalue weighted by atomic mass is 10.2. The lowest BCUT2D eigenvalue weighted by Crippen LogP contribution is -2.43. The maximum absolute atomic E-state index is 4.68. The maximum Gasteiger partial charge on any atom is 0.191 e. The third-order valence-corrected chi connectivity index (χ3v) is 4.83. The highest BCUT2D eigenvalue weighted by Gasteiger charge is 2.16. The summed E-state index contributed by atoms with van der Waals surface area (Å²) in [6.45, 7) is 8.79. The molecule has 2 N–H and O–H groups in total. The van der Waals surface area contributed by atoms with Gasteiger partial charge in [-0.05, 0) is 44.7 Å². The van der Waals surface area contributed by atoms with E-state index in [1.165, 1.54) is 0 Å². The van der Waals surface area contributed by atoms with Crippen LogP contribution >= 0.6 is 35.7 Å². The normalized spacial score (nSPS) is 11.8. The molecular formula is C17H27IN6S. The molecule has 0 aliphatic rings. The molecule has 0 aliphatic carbocycles. The predicted molar refractivity (Wildman–Crippen MR) is 117 cm³/mol. The number of imidazole rings is 1. The minimum Gasteiger partial charge on any atom is -0.357 e. The van der Waals surface area contributed by atoms with Crippen LogP contribution in [0.15, 0.2) is 42.0 Å². The van der Waals surface area contributed by atoms with E-state index >= 15 is 0 Å². The van der Waals surface area contributed by atoms with Crippen LogP contribution in [0.1, 0.15) is 26.3 Å². The highest BCUT2D eigenvalue weighted by molar-refractivity contribution is 14.0. The topological polar surface area (TPSA) is 67.1 Å². The molecule has 0 fully saturated rings. The summed E-state index contributed by atoms with van der Waals surface area (Å²) < 4.78 is 2.05. The van der Waals surface area contributed by atoms with E-state index < -0.39 is 0 Å². The average molecular weight is 474 g/mol. The Bertz CT molecular complexity index is 657. The second-order valence-electron chi connectivity index (χ2n) is 6.00. The van der Waals surface area contributed by atoms with Gasteiger partial charge in [0.15, 0.2) is 5.96 Å². The van der Waals surface area contributed by atoms with Crippen LogP contribution in [0.2, 0.25) is 0 Å². The number of thioether (sulfide) groups is 1. The number of pyridine rings is 1. The molecular weight excluding hydrogens is 447 g/mol. The number of aromatic nitrogens is 3. The first-order valence-corrected chi connectivity index (χ1v) is 9.27. The number of hydrogen-bond donors (Lipinski definition) is 2. The van der Waals surface area contributed by atoms with Gasteiger partial charge in [0.1, 0.15) is 12.1 Å². The van der Waals surface area contributed by atoms with Gasteiger partial charge in [-0.15, -0.1) is 24.0 Å². The summed E-state index contributed by atoms with van der Waals surface area (Å²) in [6.07, 6.45) is 9.29. The molecule has 0 saturated heterocycles. The summed E-state index contributed by atoms with van der Waals surface area (Å²) in [5, 5.41) is 6.70. The van der Waals surface area contributed by atoms with Crippen molar-refractivity contribution in [2.45, 2.75) is 32.1 Å². The standard InChI is InChI=1S/C17H26N6S.HI/c1-5-19-16(22-12-17(2,3)24-4)21-11-14-6-7-20-15(10-14)23-9-8-18-13-23;/h6-10,13H,5,11-12H2,1-4H3,(H2,19,21,22);1H. The molecule has 0 aliphatic heterocycles. The Labute approximate surface area is 171 Å². The number of halogens is 1. The molecule has 25 heavy (non-hydrogen) atoms. The molecule has 8 heteroatoms. The van der Waals surface area contributed by atoms with E-state index in [0.29, 0.717) is 6.54 Å². The number of guanidine groups is 1. The fourth-order valence-corrected chi connectivity index (χ4v) is 2.19. The van der Waals surface area contributed by atoms with Crippen LogP contribution in [0.25, 0.3) is 5.82 Å². The van der Waals surface area contributed by atoms with Gasteiger partial charge in [0, 0.05) is 36.4 Å². The summed E-state index contributed by atoms with van der Waals surface area (Å²) >= 11 is 1.84. The summed E-state index contributed by atoms with van der Waals surface area (Å²) in [5.74, 6) is 1.68. The van der Waals surface area contributed by atoms with Gasteiger partial charge < -0.3 is 10.6 Å². The first-order chi connectivity index (χ1) is 11.5. The largest absolute Gasteiger partial charge is 0.357 e. The van der Waals surface area contributed by atoms with Gasteiger partial charge in [0.2, 0.25) is 0 Å². The van der Waals surface area contributed by atoms with Crippen molar-refractivity contribution >= 4 is 41.7 Å². The van der Waals surface area contributed by atoms with Gasteiger partial charge in [-0.2, -0.15) is 11.8 Å². The van der Waals surface area contributed by atoms with Gasteiger partial charge in [0.25, 0.3) is 0 Å². The van der Waals surface area contributed by atoms with Gasteiger partial charge in [-0.3, -0.25) is 4.57 Å². The quantitative estimate of drug-likeness (QED) is 0.367. The zero-order valence-corrected chi connectivity index (χ0v) is 18.3. The molecule has 0 saturated carbocycles. The summed E-state index contributed by atoms with van der Waals surface area (Å²) in [7, 11) is 0. The highest BCUT2D eigenvalue weighted by Crippen LogP contribution is 2.19. The Hall–Kier alpha value is -1.29. The van der Waals surface area contributed by atoms with Gasteiger partial charge in [-0.1, -0.05) is 0 Å². The first kappa shape index (κ1) is 21.8. The molecule has 2 aromatic rings. The van der Waals surface area contributed by atoms with Crippen molar-refractivity contribution in [2.75, 3.05) is 19.3 Å². The molecule has 2 aromatic heterocycles. The molecule has 2 rings (SSSR count). The monoisotopic (exact) mass is 474 g/mol. The first-order valence-electron chi connectivity index (χ1n) is 8.04. The fraction of sp³-hybridized carbons (Fsp3) is 0.471. The van der Waals surface area contributed by atoms with E-state index in [4.69, 9.17) is 0 Å². The minimum atomic E-state index is 0. The second kappa shape index (κ2) is 10.6. The second-order valence-corrected chi connectivity index (χ2v) is 7.52. The van der Waals surface area contributed by atoms with Crippen molar-refractivity contribution in [2.24, 2.45) is 4.99 Å². The molecule has 2 heterocycles. The van der Waals surface area contributed by atoms with Crippen molar-refractivity contribution in [1.82, 2.24) is 25.2 Å². The molecule has 0 amide bonds. The molecule has 0 spiro atoms. The molecule has 138 valence electrons. The van der Waals surface area contributed by atoms with Crippen molar-refractivity contribution in [1.29, 1.82) is 0 Å². The van der Waals surface area contributed by atoms with E-state index in [2.05, 4.69) is 52.6 Å². The smallest absolute Gasteiger partial charge is 0.191 e. The third kappa shape index (κ3) is 7.23. The van der Waals surface area contributed by atoms with Crippen molar-refractivity contribution in [3.05, 3.63) is 42.6 Å². The zero-order chi connectivity index (χ0) is 17.4. The number of rotatable bonds is 7. The molecule has 0 aromatic carbocycles. The maximum atomic E-state index is 4.68. The number of nitrogens with zero attached hydrogens (tertiary/aromatic N) is 4. The Morgan fingerprint density at radius 2 is 2.12 bits per heavy atom. The number of nitrogens with one attached hydrogen (secondary N) is 2. The molecule has 0 unspecified atom stereocenters. The van der Waals surface area contributed by atoms with Crippen LogP contribution in [0.5, 0.6) is 0 Å². The summed E-state index contributed by atoms with van der Waals surface area (Å²) in [4.78, 5) is 13.1. The Balaban J connectivity index is 0.00000312. The van der Waals surface area contributed by atoms with E-state index in [-0.39, 0.29) is 28.7 Å². The minimum absolute atomic E-state index is 0. The third-order valence-electron chi connectivity index (χ3n) is 3.58. The van der Waals surface area contributed by atoms with Gasteiger partial charge >= 0.3 is 0 Å². The van der Waals surface area contributed by atoms with Crippen LogP contribution in [0, 0.1) is 0 Å². The van der Waals surface area contributed by atoms with E-state index in [1.807, 2.05) is 34.7 Å². The zero-order valence-electron chi connectivity index (χ0n) is 15.2. The Morgan fingerprint density at radius 3 is 2.76 bits per heavy atom. The summed E-state index contributed by atoms with van der Waals surface area (Å²) in [6, 6.07) is 4.01. The Kier molecular flexibility index (Phi) is 9.26. The molecule has 0 radical (unpaired) electrons. The van der Waals surface area contributed by atoms with Crippen LogP contribution in [-0.2, 0) is 6.54 Å². The van der Waals surface area contributed by atoms with E-state index in [9.17, 15) is 0 Å². The van der Waals surface area contributed by atoms with E-state index in [1.54, 1.807) is 18.7 Å². The van der Waals surface area contributed by atoms with Crippen LogP contribution < -0.4 is 10.6 Å².